The zero-order chi connectivity index (χ0) is 14.4. The third kappa shape index (κ3) is 3.87. The molecule has 106 valence electrons. The zero-order valence-electron chi connectivity index (χ0n) is 11.0. The molecule has 0 aliphatic heterocycles. The molecule has 0 saturated carbocycles. The second kappa shape index (κ2) is 7.01. The molecular weight excluding hydrogens is 257 g/mol. The lowest BCUT2D eigenvalue weighted by atomic mass is 10.1. The van der Waals surface area contributed by atoms with E-state index in [1.807, 2.05) is 13.8 Å². The number of rotatable bonds is 5. The van der Waals surface area contributed by atoms with Crippen molar-refractivity contribution in [1.29, 1.82) is 0 Å². The van der Waals surface area contributed by atoms with Gasteiger partial charge in [-0.05, 0) is 31.9 Å². The predicted molar refractivity (Wildman–Crippen MR) is 66.3 cm³/mol. The van der Waals surface area contributed by atoms with E-state index in [2.05, 4.69) is 5.32 Å². The van der Waals surface area contributed by atoms with Crippen molar-refractivity contribution in [3.8, 4) is 0 Å². The minimum Gasteiger partial charge on any atom is -0.338 e. The molecule has 19 heavy (non-hydrogen) atoms. The quantitative estimate of drug-likeness (QED) is 0.823. The number of amides is 2. The second-order valence-electron chi connectivity index (χ2n) is 3.99. The van der Waals surface area contributed by atoms with Crippen LogP contribution in [-0.4, -0.2) is 30.6 Å². The number of carbonyl (C=O) groups is 1. The lowest BCUT2D eigenvalue weighted by Gasteiger charge is -2.19. The van der Waals surface area contributed by atoms with Crippen molar-refractivity contribution in [2.24, 2.45) is 0 Å². The number of nitrogens with one attached hydrogen (secondary N) is 1. The summed E-state index contributed by atoms with van der Waals surface area (Å²) in [5, 5.41) is 2.60. The molecule has 0 aliphatic carbocycles. The summed E-state index contributed by atoms with van der Waals surface area (Å²) >= 11 is 0. The van der Waals surface area contributed by atoms with Crippen LogP contribution in [-0.2, 0) is 6.42 Å². The molecule has 0 fully saturated rings. The molecule has 1 aromatic carbocycles. The molecule has 1 N–H and O–H groups in total. The summed E-state index contributed by atoms with van der Waals surface area (Å²) in [6, 6.07) is 1.80. The maximum atomic E-state index is 13.3. The molecule has 0 bridgehead atoms. The monoisotopic (exact) mass is 274 g/mol. The van der Waals surface area contributed by atoms with E-state index >= 15 is 0 Å². The Bertz CT molecular complexity index is 448. The summed E-state index contributed by atoms with van der Waals surface area (Å²) in [6.07, 6.45) is 0.107. The molecular formula is C13H17F3N2O. The van der Waals surface area contributed by atoms with Crippen LogP contribution >= 0.6 is 0 Å². The van der Waals surface area contributed by atoms with E-state index < -0.39 is 17.5 Å². The van der Waals surface area contributed by atoms with E-state index in [0.29, 0.717) is 13.1 Å². The molecule has 6 heteroatoms. The van der Waals surface area contributed by atoms with E-state index in [0.717, 1.165) is 6.07 Å². The molecule has 0 spiro atoms. The van der Waals surface area contributed by atoms with Gasteiger partial charge in [0.15, 0.2) is 17.5 Å². The van der Waals surface area contributed by atoms with Gasteiger partial charge in [-0.25, -0.2) is 18.0 Å². The van der Waals surface area contributed by atoms with Crippen molar-refractivity contribution >= 4 is 6.03 Å². The van der Waals surface area contributed by atoms with E-state index in [1.54, 1.807) is 4.90 Å². The first kappa shape index (κ1) is 15.3. The lowest BCUT2D eigenvalue weighted by Crippen LogP contribution is -2.40. The fourth-order valence-corrected chi connectivity index (χ4v) is 1.69. The maximum Gasteiger partial charge on any atom is 0.317 e. The summed E-state index contributed by atoms with van der Waals surface area (Å²) in [7, 11) is 0. The van der Waals surface area contributed by atoms with Crippen LogP contribution < -0.4 is 5.32 Å². The summed E-state index contributed by atoms with van der Waals surface area (Å²) in [6.45, 7) is 5.00. The molecule has 0 atom stereocenters. The maximum absolute atomic E-state index is 13.3. The number of carbonyl (C=O) groups excluding carboxylic acids is 1. The molecule has 0 heterocycles. The van der Waals surface area contributed by atoms with Crippen molar-refractivity contribution in [2.75, 3.05) is 19.6 Å². The van der Waals surface area contributed by atoms with Crippen molar-refractivity contribution in [1.82, 2.24) is 10.2 Å². The van der Waals surface area contributed by atoms with Gasteiger partial charge in [-0.1, -0.05) is 6.07 Å². The van der Waals surface area contributed by atoms with E-state index in [1.165, 1.54) is 6.07 Å². The van der Waals surface area contributed by atoms with E-state index in [-0.39, 0.29) is 24.6 Å². The van der Waals surface area contributed by atoms with Crippen LogP contribution in [0.4, 0.5) is 18.0 Å². The molecule has 0 unspecified atom stereocenters. The van der Waals surface area contributed by atoms with Crippen molar-refractivity contribution in [3.05, 3.63) is 35.1 Å². The first-order valence-corrected chi connectivity index (χ1v) is 6.16. The highest BCUT2D eigenvalue weighted by Gasteiger charge is 2.14. The highest BCUT2D eigenvalue weighted by atomic mass is 19.2. The minimum absolute atomic E-state index is 0.0405. The Balaban J connectivity index is 2.54. The number of halogens is 3. The van der Waals surface area contributed by atoms with Crippen molar-refractivity contribution in [2.45, 2.75) is 20.3 Å². The van der Waals surface area contributed by atoms with Gasteiger partial charge < -0.3 is 10.2 Å². The first-order chi connectivity index (χ1) is 9.01. The summed E-state index contributed by atoms with van der Waals surface area (Å²) in [5.41, 5.74) is 0.0405. The van der Waals surface area contributed by atoms with Gasteiger partial charge in [-0.2, -0.15) is 0 Å². The van der Waals surface area contributed by atoms with Gasteiger partial charge in [0.1, 0.15) is 0 Å². The normalized spacial score (nSPS) is 10.4. The topological polar surface area (TPSA) is 32.3 Å². The smallest absolute Gasteiger partial charge is 0.317 e. The summed E-state index contributed by atoms with van der Waals surface area (Å²) in [5.74, 6) is -3.89. The van der Waals surface area contributed by atoms with Gasteiger partial charge in [0.2, 0.25) is 0 Å². The fourth-order valence-electron chi connectivity index (χ4n) is 1.69. The fraction of sp³-hybridized carbons (Fsp3) is 0.462. The Kier molecular flexibility index (Phi) is 5.66. The van der Waals surface area contributed by atoms with Crippen molar-refractivity contribution in [3.63, 3.8) is 0 Å². The molecule has 0 radical (unpaired) electrons. The molecule has 1 aromatic rings. The Morgan fingerprint density at radius 2 is 1.79 bits per heavy atom. The lowest BCUT2D eigenvalue weighted by molar-refractivity contribution is 0.203. The number of urea groups is 1. The van der Waals surface area contributed by atoms with E-state index in [9.17, 15) is 18.0 Å². The van der Waals surface area contributed by atoms with Gasteiger partial charge in [0, 0.05) is 19.6 Å². The van der Waals surface area contributed by atoms with Gasteiger partial charge >= 0.3 is 6.03 Å². The van der Waals surface area contributed by atoms with Gasteiger partial charge in [0.05, 0.1) is 0 Å². The Morgan fingerprint density at radius 1 is 1.16 bits per heavy atom. The highest BCUT2D eigenvalue weighted by molar-refractivity contribution is 5.74. The minimum atomic E-state index is -1.48. The van der Waals surface area contributed by atoms with Crippen molar-refractivity contribution < 1.29 is 18.0 Å². The third-order valence-electron chi connectivity index (χ3n) is 2.84. The SMILES string of the molecule is CCN(CC)C(=O)NCCc1ccc(F)c(F)c1F. The molecule has 2 amide bonds. The van der Waals surface area contributed by atoms with Crippen LogP contribution in [0.5, 0.6) is 0 Å². The van der Waals surface area contributed by atoms with Gasteiger partial charge in [0.25, 0.3) is 0 Å². The standard InChI is InChI=1S/C13H17F3N2O/c1-3-18(4-2)13(19)17-8-7-9-5-6-10(14)12(16)11(9)15/h5-6H,3-4,7-8H2,1-2H3,(H,17,19). The molecule has 0 aromatic heterocycles. The average Bonchev–Trinajstić information content (AvgIpc) is 2.40. The molecule has 0 aliphatic rings. The molecule has 3 nitrogen and oxygen atoms in total. The summed E-state index contributed by atoms with van der Waals surface area (Å²) < 4.78 is 39.0. The van der Waals surface area contributed by atoms with Crippen LogP contribution in [0, 0.1) is 17.5 Å². The number of nitrogens with zero attached hydrogens (tertiary/aromatic N) is 1. The van der Waals surface area contributed by atoms with Crippen LogP contribution in [0.25, 0.3) is 0 Å². The predicted octanol–water partition coefficient (Wildman–Crippen LogP) is 2.70. The van der Waals surface area contributed by atoms with Crippen LogP contribution in [0.3, 0.4) is 0 Å². The number of hydrogen-bond donors (Lipinski definition) is 1. The number of benzene rings is 1. The van der Waals surface area contributed by atoms with Gasteiger partial charge in [-0.3, -0.25) is 0 Å². The molecule has 1 rings (SSSR count). The Hall–Kier alpha value is -1.72. The first-order valence-electron chi connectivity index (χ1n) is 6.16. The van der Waals surface area contributed by atoms with Crippen LogP contribution in [0.1, 0.15) is 19.4 Å². The zero-order valence-corrected chi connectivity index (χ0v) is 11.0. The van der Waals surface area contributed by atoms with Gasteiger partial charge in [-0.15, -0.1) is 0 Å². The largest absolute Gasteiger partial charge is 0.338 e. The number of hydrogen-bond acceptors (Lipinski definition) is 1. The second-order valence-corrected chi connectivity index (χ2v) is 3.99. The average molecular weight is 274 g/mol. The third-order valence-corrected chi connectivity index (χ3v) is 2.84. The van der Waals surface area contributed by atoms with Crippen LogP contribution in [0.2, 0.25) is 0 Å². The summed E-state index contributed by atoms with van der Waals surface area (Å²) in [4.78, 5) is 13.2. The highest BCUT2D eigenvalue weighted by Crippen LogP contribution is 2.15. The Morgan fingerprint density at radius 3 is 2.37 bits per heavy atom. The molecule has 0 saturated heterocycles. The van der Waals surface area contributed by atoms with E-state index in [4.69, 9.17) is 0 Å². The van der Waals surface area contributed by atoms with Crippen LogP contribution in [0.15, 0.2) is 12.1 Å². The Labute approximate surface area is 110 Å².